The summed E-state index contributed by atoms with van der Waals surface area (Å²) in [5, 5.41) is 9.59. The fraction of sp³-hybridized carbons (Fsp3) is 0.0909. The first-order valence-corrected chi connectivity index (χ1v) is 4.81. The van der Waals surface area contributed by atoms with Gasteiger partial charge < -0.3 is 9.52 Å². The Labute approximate surface area is 91.3 Å². The molecule has 2 rings (SSSR count). The van der Waals surface area contributed by atoms with Crippen LogP contribution in [0.1, 0.15) is 5.76 Å². The molecule has 0 fully saturated rings. The van der Waals surface area contributed by atoms with Crippen molar-refractivity contribution in [3.05, 3.63) is 36.1 Å². The first kappa shape index (κ1) is 9.86. The van der Waals surface area contributed by atoms with Gasteiger partial charge in [-0.05, 0) is 12.1 Å². The van der Waals surface area contributed by atoms with Gasteiger partial charge in [-0.3, -0.25) is 0 Å². The van der Waals surface area contributed by atoms with Crippen molar-refractivity contribution in [1.82, 2.24) is 0 Å². The first-order valence-electron chi connectivity index (χ1n) is 4.40. The van der Waals surface area contributed by atoms with Gasteiger partial charge in [0.2, 0.25) is 0 Å². The monoisotopic (exact) mass is 220 g/mol. The molecule has 0 saturated heterocycles. The maximum absolute atomic E-state index is 10.5. The van der Waals surface area contributed by atoms with Gasteiger partial charge in [-0.2, -0.15) is 0 Å². The molecule has 4 heteroatoms. The first-order chi connectivity index (χ1) is 7.16. The molecule has 76 valence electrons. The van der Waals surface area contributed by atoms with Crippen LogP contribution in [0.3, 0.4) is 0 Å². The number of fused-ring (bicyclic) bond motifs is 1. The third-order valence-electron chi connectivity index (χ3n) is 2.05. The van der Waals surface area contributed by atoms with Crippen LogP contribution in [0.25, 0.3) is 11.0 Å². The van der Waals surface area contributed by atoms with E-state index in [0.717, 1.165) is 11.0 Å². The SMILES string of the molecule is O=C(O)C(=S)Cc1cc2ccccc2o1. The number of carbonyl (C=O) groups is 1. The highest BCUT2D eigenvalue weighted by Crippen LogP contribution is 2.19. The second-order valence-corrected chi connectivity index (χ2v) is 3.65. The molecule has 0 amide bonds. The molecule has 1 N–H and O–H groups in total. The van der Waals surface area contributed by atoms with E-state index >= 15 is 0 Å². The van der Waals surface area contributed by atoms with E-state index in [0.29, 0.717) is 5.76 Å². The van der Waals surface area contributed by atoms with E-state index in [1.165, 1.54) is 0 Å². The molecule has 0 radical (unpaired) electrons. The molecule has 0 saturated carbocycles. The Morgan fingerprint density at radius 1 is 1.40 bits per heavy atom. The summed E-state index contributed by atoms with van der Waals surface area (Å²) in [4.78, 5) is 10.5. The van der Waals surface area contributed by atoms with Crippen LogP contribution in [0.2, 0.25) is 0 Å². The molecule has 0 aliphatic heterocycles. The lowest BCUT2D eigenvalue weighted by molar-refractivity contribution is -0.129. The maximum Gasteiger partial charge on any atom is 0.342 e. The molecule has 3 nitrogen and oxygen atoms in total. The predicted molar refractivity (Wildman–Crippen MR) is 60.2 cm³/mol. The molecule has 0 aliphatic carbocycles. The van der Waals surface area contributed by atoms with E-state index in [1.807, 2.05) is 30.3 Å². The van der Waals surface area contributed by atoms with Crippen LogP contribution in [0.4, 0.5) is 0 Å². The van der Waals surface area contributed by atoms with Crippen molar-refractivity contribution in [3.8, 4) is 0 Å². The molecule has 0 aliphatic rings. The molecule has 0 atom stereocenters. The number of aliphatic carboxylic acids is 1. The van der Waals surface area contributed by atoms with Crippen LogP contribution in [-0.2, 0) is 11.2 Å². The van der Waals surface area contributed by atoms with Crippen LogP contribution in [-0.4, -0.2) is 15.9 Å². The van der Waals surface area contributed by atoms with E-state index in [1.54, 1.807) is 0 Å². The van der Waals surface area contributed by atoms with Crippen LogP contribution in [0.5, 0.6) is 0 Å². The zero-order valence-corrected chi connectivity index (χ0v) is 8.58. The minimum atomic E-state index is -1.06. The van der Waals surface area contributed by atoms with Gasteiger partial charge in [-0.15, -0.1) is 0 Å². The summed E-state index contributed by atoms with van der Waals surface area (Å²) in [6.45, 7) is 0. The Kier molecular flexibility index (Phi) is 2.51. The Morgan fingerprint density at radius 2 is 2.13 bits per heavy atom. The van der Waals surface area contributed by atoms with Crippen LogP contribution >= 0.6 is 12.2 Å². The van der Waals surface area contributed by atoms with Crippen molar-refractivity contribution in [2.24, 2.45) is 0 Å². The number of furan rings is 1. The van der Waals surface area contributed by atoms with Gasteiger partial charge in [-0.25, -0.2) is 4.79 Å². The molecule has 1 heterocycles. The molecular weight excluding hydrogens is 212 g/mol. The topological polar surface area (TPSA) is 50.4 Å². The third kappa shape index (κ3) is 2.05. The van der Waals surface area contributed by atoms with Gasteiger partial charge >= 0.3 is 5.97 Å². The van der Waals surface area contributed by atoms with Crippen molar-refractivity contribution in [3.63, 3.8) is 0 Å². The van der Waals surface area contributed by atoms with Gasteiger partial charge in [-0.1, -0.05) is 30.4 Å². The lowest BCUT2D eigenvalue weighted by Crippen LogP contribution is -2.12. The van der Waals surface area contributed by atoms with Crippen molar-refractivity contribution in [2.75, 3.05) is 0 Å². The molecule has 0 spiro atoms. The molecular formula is C11H8O3S. The van der Waals surface area contributed by atoms with Gasteiger partial charge in [0, 0.05) is 11.8 Å². The van der Waals surface area contributed by atoms with E-state index in [4.69, 9.17) is 21.7 Å². The second kappa shape index (κ2) is 3.82. The molecule has 0 bridgehead atoms. The number of benzene rings is 1. The van der Waals surface area contributed by atoms with Gasteiger partial charge in [0.05, 0.1) is 0 Å². The van der Waals surface area contributed by atoms with Crippen LogP contribution < -0.4 is 0 Å². The number of thiocarbonyl (C=S) groups is 1. The molecule has 0 unspecified atom stereocenters. The molecule has 15 heavy (non-hydrogen) atoms. The highest BCUT2D eigenvalue weighted by Gasteiger charge is 2.10. The summed E-state index contributed by atoms with van der Waals surface area (Å²) in [5.41, 5.74) is 0.751. The number of carboxylic acid groups (broad SMARTS) is 1. The zero-order chi connectivity index (χ0) is 10.8. The summed E-state index contributed by atoms with van der Waals surface area (Å²) >= 11 is 4.71. The largest absolute Gasteiger partial charge is 0.477 e. The van der Waals surface area contributed by atoms with Crippen molar-refractivity contribution in [2.45, 2.75) is 6.42 Å². The van der Waals surface area contributed by atoms with E-state index in [9.17, 15) is 4.79 Å². The van der Waals surface area contributed by atoms with Crippen molar-refractivity contribution in [1.29, 1.82) is 0 Å². The average molecular weight is 220 g/mol. The summed E-state index contributed by atoms with van der Waals surface area (Å²) in [6.07, 6.45) is 0.166. The number of carboxylic acids is 1. The smallest absolute Gasteiger partial charge is 0.342 e. The quantitative estimate of drug-likeness (QED) is 0.807. The Balaban J connectivity index is 2.30. The van der Waals surface area contributed by atoms with E-state index in [-0.39, 0.29) is 11.3 Å². The normalized spacial score (nSPS) is 10.4. The fourth-order valence-electron chi connectivity index (χ4n) is 1.36. The number of rotatable bonds is 3. The van der Waals surface area contributed by atoms with E-state index < -0.39 is 5.97 Å². The Hall–Kier alpha value is -1.68. The average Bonchev–Trinajstić information content (AvgIpc) is 2.59. The molecule has 1 aromatic carbocycles. The number of hydrogen-bond acceptors (Lipinski definition) is 3. The highest BCUT2D eigenvalue weighted by molar-refractivity contribution is 7.82. The molecule has 1 aromatic heterocycles. The maximum atomic E-state index is 10.5. The second-order valence-electron chi connectivity index (χ2n) is 3.16. The lowest BCUT2D eigenvalue weighted by atomic mass is 10.2. The third-order valence-corrected chi connectivity index (χ3v) is 2.37. The standard InChI is InChI=1S/C11H8O3S/c12-11(13)10(15)6-8-5-7-3-1-2-4-9(7)14-8/h1-5H,6H2,(H,12,13). The minimum absolute atomic E-state index is 0.0333. The number of hydrogen-bond donors (Lipinski definition) is 1. The Morgan fingerprint density at radius 3 is 2.80 bits per heavy atom. The van der Waals surface area contributed by atoms with E-state index in [2.05, 4.69) is 0 Å². The summed E-state index contributed by atoms with van der Waals surface area (Å²) < 4.78 is 5.44. The minimum Gasteiger partial charge on any atom is -0.477 e. The predicted octanol–water partition coefficient (Wildman–Crippen LogP) is 2.43. The summed E-state index contributed by atoms with van der Waals surface area (Å²) in [7, 11) is 0. The highest BCUT2D eigenvalue weighted by atomic mass is 32.1. The molecule has 2 aromatic rings. The fourth-order valence-corrected chi connectivity index (χ4v) is 1.50. The summed E-state index contributed by atoms with van der Waals surface area (Å²) in [5.74, 6) is -0.478. The van der Waals surface area contributed by atoms with Crippen molar-refractivity contribution >= 4 is 34.0 Å². The zero-order valence-electron chi connectivity index (χ0n) is 7.77. The van der Waals surface area contributed by atoms with Gasteiger partial charge in [0.15, 0.2) is 0 Å². The Bertz CT molecular complexity index is 494. The summed E-state index contributed by atoms with van der Waals surface area (Å²) in [6, 6.07) is 9.32. The van der Waals surface area contributed by atoms with Gasteiger partial charge in [0.1, 0.15) is 16.2 Å². The van der Waals surface area contributed by atoms with Crippen molar-refractivity contribution < 1.29 is 14.3 Å². The van der Waals surface area contributed by atoms with Gasteiger partial charge in [0.25, 0.3) is 0 Å². The van der Waals surface area contributed by atoms with Crippen LogP contribution in [0.15, 0.2) is 34.7 Å². The van der Waals surface area contributed by atoms with Crippen LogP contribution in [0, 0.1) is 0 Å². The number of para-hydroxylation sites is 1. The lowest BCUT2D eigenvalue weighted by Gasteiger charge is -1.92.